The van der Waals surface area contributed by atoms with Crippen molar-refractivity contribution in [1.29, 1.82) is 0 Å². The fraction of sp³-hybridized carbons (Fsp3) is 0.200. The lowest BCUT2D eigenvalue weighted by Crippen LogP contribution is -2.19. The molecule has 1 amide bonds. The van der Waals surface area contributed by atoms with Crippen LogP contribution in [0.4, 0.5) is 5.69 Å². The molecule has 18 heavy (non-hydrogen) atoms. The van der Waals surface area contributed by atoms with Gasteiger partial charge >= 0.3 is 0 Å². The summed E-state index contributed by atoms with van der Waals surface area (Å²) in [6, 6.07) is 3.26. The smallest absolute Gasteiger partial charge is 0.246 e. The molecular formula is C10H11ClN6O. The van der Waals surface area contributed by atoms with E-state index in [-0.39, 0.29) is 12.5 Å². The van der Waals surface area contributed by atoms with E-state index >= 15 is 0 Å². The summed E-state index contributed by atoms with van der Waals surface area (Å²) in [6.45, 7) is 0.359. The number of amides is 1. The third-order valence-corrected chi connectivity index (χ3v) is 2.34. The van der Waals surface area contributed by atoms with Gasteiger partial charge in [0.1, 0.15) is 11.7 Å². The molecule has 0 aliphatic rings. The second-order valence-electron chi connectivity index (χ2n) is 3.53. The highest BCUT2D eigenvalue weighted by molar-refractivity contribution is 6.29. The Hall–Kier alpha value is -1.99. The van der Waals surface area contributed by atoms with Gasteiger partial charge in [-0.15, -0.1) is 5.10 Å². The summed E-state index contributed by atoms with van der Waals surface area (Å²) >= 11 is 5.64. The summed E-state index contributed by atoms with van der Waals surface area (Å²) in [5.41, 5.74) is 6.60. The Balaban J connectivity index is 1.94. The van der Waals surface area contributed by atoms with Gasteiger partial charge in [0.05, 0.1) is 23.8 Å². The van der Waals surface area contributed by atoms with E-state index in [1.165, 1.54) is 10.9 Å². The predicted molar refractivity (Wildman–Crippen MR) is 65.8 cm³/mol. The minimum Gasteiger partial charge on any atom is -0.325 e. The zero-order valence-electron chi connectivity index (χ0n) is 9.38. The van der Waals surface area contributed by atoms with Gasteiger partial charge in [-0.2, -0.15) is 0 Å². The van der Waals surface area contributed by atoms with Gasteiger partial charge in [-0.3, -0.25) is 4.79 Å². The lowest BCUT2D eigenvalue weighted by atomic mass is 10.4. The van der Waals surface area contributed by atoms with Gasteiger partial charge in [-0.05, 0) is 12.1 Å². The molecule has 0 aliphatic heterocycles. The van der Waals surface area contributed by atoms with Gasteiger partial charge in [0, 0.05) is 6.54 Å². The first-order valence-corrected chi connectivity index (χ1v) is 5.55. The summed E-state index contributed by atoms with van der Waals surface area (Å²) in [7, 11) is 0. The second kappa shape index (κ2) is 5.56. The largest absolute Gasteiger partial charge is 0.325 e. The van der Waals surface area contributed by atoms with Crippen LogP contribution >= 0.6 is 11.6 Å². The molecule has 0 aliphatic carbocycles. The molecule has 0 radical (unpaired) electrons. The van der Waals surface area contributed by atoms with Crippen LogP contribution in [0.2, 0.25) is 5.15 Å². The quantitative estimate of drug-likeness (QED) is 0.782. The van der Waals surface area contributed by atoms with Crippen LogP contribution in [0, 0.1) is 0 Å². The van der Waals surface area contributed by atoms with Crippen LogP contribution in [-0.2, 0) is 17.9 Å². The SMILES string of the molecule is NCc1cn(CC(=O)Nc2ccc(Cl)nc2)nn1. The molecule has 0 aromatic carbocycles. The molecule has 94 valence electrons. The maximum Gasteiger partial charge on any atom is 0.246 e. The highest BCUT2D eigenvalue weighted by Gasteiger charge is 2.06. The lowest BCUT2D eigenvalue weighted by molar-refractivity contribution is -0.116. The molecule has 3 N–H and O–H groups in total. The molecule has 0 fully saturated rings. The van der Waals surface area contributed by atoms with Crippen LogP contribution in [0.25, 0.3) is 0 Å². The van der Waals surface area contributed by atoms with Crippen LogP contribution in [0.3, 0.4) is 0 Å². The van der Waals surface area contributed by atoms with Crippen molar-refractivity contribution < 1.29 is 4.79 Å². The minimum absolute atomic E-state index is 0.0651. The van der Waals surface area contributed by atoms with E-state index in [4.69, 9.17) is 17.3 Å². The zero-order chi connectivity index (χ0) is 13.0. The van der Waals surface area contributed by atoms with Crippen LogP contribution < -0.4 is 11.1 Å². The Morgan fingerprint density at radius 1 is 1.50 bits per heavy atom. The van der Waals surface area contributed by atoms with Gasteiger partial charge in [0.15, 0.2) is 0 Å². The standard InChI is InChI=1S/C10H11ClN6O/c11-9-2-1-7(4-13-9)14-10(18)6-17-5-8(3-12)15-16-17/h1-2,4-5H,3,6,12H2,(H,14,18). The Kier molecular flexibility index (Phi) is 3.85. The Morgan fingerprint density at radius 2 is 2.33 bits per heavy atom. The third kappa shape index (κ3) is 3.25. The van der Waals surface area contributed by atoms with Gasteiger partial charge in [0.2, 0.25) is 5.91 Å². The summed E-state index contributed by atoms with van der Waals surface area (Å²) in [6.07, 6.45) is 3.10. The number of anilines is 1. The van der Waals surface area contributed by atoms with Crippen molar-refractivity contribution in [2.75, 3.05) is 5.32 Å². The topological polar surface area (TPSA) is 98.7 Å². The van der Waals surface area contributed by atoms with E-state index in [0.29, 0.717) is 23.1 Å². The van der Waals surface area contributed by atoms with E-state index in [2.05, 4.69) is 20.6 Å². The van der Waals surface area contributed by atoms with Crippen LogP contribution in [-0.4, -0.2) is 25.9 Å². The fourth-order valence-electron chi connectivity index (χ4n) is 1.31. The number of pyridine rings is 1. The van der Waals surface area contributed by atoms with Crippen molar-refractivity contribution in [3.8, 4) is 0 Å². The van der Waals surface area contributed by atoms with E-state index in [0.717, 1.165) is 0 Å². The Labute approximate surface area is 108 Å². The highest BCUT2D eigenvalue weighted by Crippen LogP contribution is 2.09. The van der Waals surface area contributed by atoms with Crippen LogP contribution in [0.5, 0.6) is 0 Å². The Morgan fingerprint density at radius 3 is 2.94 bits per heavy atom. The van der Waals surface area contributed by atoms with E-state index in [9.17, 15) is 4.79 Å². The molecule has 2 aromatic heterocycles. The molecule has 2 rings (SSSR count). The molecule has 0 bridgehead atoms. The average molecular weight is 267 g/mol. The molecule has 0 spiro atoms. The first-order valence-electron chi connectivity index (χ1n) is 5.18. The molecular weight excluding hydrogens is 256 g/mol. The summed E-state index contributed by atoms with van der Waals surface area (Å²) in [4.78, 5) is 15.5. The van der Waals surface area contributed by atoms with E-state index in [1.807, 2.05) is 0 Å². The van der Waals surface area contributed by atoms with E-state index < -0.39 is 0 Å². The number of nitrogens with zero attached hydrogens (tertiary/aromatic N) is 4. The fourth-order valence-corrected chi connectivity index (χ4v) is 1.42. The predicted octanol–water partition coefficient (Wildman–Crippen LogP) is 0.424. The maximum atomic E-state index is 11.7. The first-order chi connectivity index (χ1) is 8.67. The molecule has 0 atom stereocenters. The molecule has 8 heteroatoms. The third-order valence-electron chi connectivity index (χ3n) is 2.11. The number of nitrogens with one attached hydrogen (secondary N) is 1. The monoisotopic (exact) mass is 266 g/mol. The van der Waals surface area contributed by atoms with Crippen molar-refractivity contribution in [3.63, 3.8) is 0 Å². The number of hydrogen-bond acceptors (Lipinski definition) is 5. The van der Waals surface area contributed by atoms with Crippen molar-refractivity contribution in [3.05, 3.63) is 35.4 Å². The van der Waals surface area contributed by atoms with Gasteiger partial charge in [0.25, 0.3) is 0 Å². The molecule has 2 aromatic rings. The number of carbonyl (C=O) groups excluding carboxylic acids is 1. The van der Waals surface area contributed by atoms with Gasteiger partial charge < -0.3 is 11.1 Å². The van der Waals surface area contributed by atoms with Gasteiger partial charge in [-0.1, -0.05) is 16.8 Å². The number of nitrogens with two attached hydrogens (primary N) is 1. The molecule has 0 saturated carbocycles. The minimum atomic E-state index is -0.229. The normalized spacial score (nSPS) is 10.3. The van der Waals surface area contributed by atoms with Crippen molar-refractivity contribution in [1.82, 2.24) is 20.0 Å². The summed E-state index contributed by atoms with van der Waals surface area (Å²) in [5, 5.41) is 10.6. The first kappa shape index (κ1) is 12.5. The average Bonchev–Trinajstić information content (AvgIpc) is 2.79. The van der Waals surface area contributed by atoms with Gasteiger partial charge in [-0.25, -0.2) is 9.67 Å². The van der Waals surface area contributed by atoms with Crippen molar-refractivity contribution in [2.24, 2.45) is 5.73 Å². The lowest BCUT2D eigenvalue weighted by Gasteiger charge is -2.04. The highest BCUT2D eigenvalue weighted by atomic mass is 35.5. The van der Waals surface area contributed by atoms with Crippen molar-refractivity contribution >= 4 is 23.2 Å². The summed E-state index contributed by atoms with van der Waals surface area (Å²) < 4.78 is 1.42. The van der Waals surface area contributed by atoms with Crippen LogP contribution in [0.15, 0.2) is 24.5 Å². The summed E-state index contributed by atoms with van der Waals surface area (Å²) in [5.74, 6) is -0.229. The number of halogens is 1. The van der Waals surface area contributed by atoms with Crippen molar-refractivity contribution in [2.45, 2.75) is 13.1 Å². The molecule has 7 nitrogen and oxygen atoms in total. The maximum absolute atomic E-state index is 11.7. The van der Waals surface area contributed by atoms with E-state index in [1.54, 1.807) is 18.3 Å². The number of rotatable bonds is 4. The number of aromatic nitrogens is 4. The Bertz CT molecular complexity index is 538. The van der Waals surface area contributed by atoms with Crippen LogP contribution in [0.1, 0.15) is 5.69 Å². The second-order valence-corrected chi connectivity index (χ2v) is 3.92. The number of hydrogen-bond donors (Lipinski definition) is 2. The zero-order valence-corrected chi connectivity index (χ0v) is 10.1. The molecule has 0 unspecified atom stereocenters. The molecule has 0 saturated heterocycles. The number of carbonyl (C=O) groups is 1. The molecule has 2 heterocycles.